The molecule has 2 N–H and O–H groups in total. The molecule has 1 aromatic carbocycles. The second-order valence-corrected chi connectivity index (χ2v) is 5.38. The van der Waals surface area contributed by atoms with Crippen molar-refractivity contribution in [2.24, 2.45) is 0 Å². The molecule has 1 aliphatic rings. The van der Waals surface area contributed by atoms with E-state index in [0.29, 0.717) is 13.2 Å². The van der Waals surface area contributed by atoms with E-state index in [1.165, 1.54) is 5.69 Å². The van der Waals surface area contributed by atoms with Gasteiger partial charge in [0.25, 0.3) is 0 Å². The fourth-order valence-corrected chi connectivity index (χ4v) is 3.05. The fourth-order valence-electron chi connectivity index (χ4n) is 3.05. The fraction of sp³-hybridized carbons (Fsp3) is 0.471. The zero-order chi connectivity index (χ0) is 15.5. The minimum absolute atomic E-state index is 0.0610. The number of hydrogen-bond acceptors (Lipinski definition) is 4. The van der Waals surface area contributed by atoms with Gasteiger partial charge in [-0.2, -0.15) is 0 Å². The maximum absolute atomic E-state index is 5.94. The molecule has 5 heteroatoms. The topological polar surface area (TPSA) is 59.2 Å². The third-order valence-corrected chi connectivity index (χ3v) is 4.03. The van der Waals surface area contributed by atoms with Gasteiger partial charge in [-0.15, -0.1) is 0 Å². The van der Waals surface area contributed by atoms with Crippen LogP contribution in [0.3, 0.4) is 0 Å². The van der Waals surface area contributed by atoms with Crippen molar-refractivity contribution >= 4 is 0 Å². The van der Waals surface area contributed by atoms with E-state index >= 15 is 0 Å². The number of nitrogens with zero attached hydrogens (tertiary/aromatic N) is 1. The van der Waals surface area contributed by atoms with Crippen LogP contribution in [0.15, 0.2) is 18.5 Å². The molecule has 2 heterocycles. The summed E-state index contributed by atoms with van der Waals surface area (Å²) in [6, 6.07) is 4.18. The Hall–Kier alpha value is -2.01. The highest BCUT2D eigenvalue weighted by Crippen LogP contribution is 2.38. The van der Waals surface area contributed by atoms with Crippen molar-refractivity contribution in [1.82, 2.24) is 15.3 Å². The normalized spacial score (nSPS) is 17.1. The minimum atomic E-state index is 0.0610. The van der Waals surface area contributed by atoms with Crippen molar-refractivity contribution in [1.29, 1.82) is 0 Å². The van der Waals surface area contributed by atoms with E-state index < -0.39 is 0 Å². The van der Waals surface area contributed by atoms with Crippen LogP contribution in [0.5, 0.6) is 11.5 Å². The lowest BCUT2D eigenvalue weighted by Gasteiger charge is -2.26. The number of ether oxygens (including phenoxy) is 2. The van der Waals surface area contributed by atoms with Gasteiger partial charge in [0.2, 0.25) is 0 Å². The molecule has 0 bridgehead atoms. The van der Waals surface area contributed by atoms with E-state index in [1.807, 2.05) is 26.8 Å². The van der Waals surface area contributed by atoms with Crippen LogP contribution < -0.4 is 14.8 Å². The summed E-state index contributed by atoms with van der Waals surface area (Å²) >= 11 is 0. The molecule has 1 unspecified atom stereocenters. The molecule has 0 saturated heterocycles. The summed E-state index contributed by atoms with van der Waals surface area (Å²) in [5, 5.41) is 3.55. The van der Waals surface area contributed by atoms with E-state index in [2.05, 4.69) is 21.4 Å². The molecule has 2 aromatic rings. The van der Waals surface area contributed by atoms with Gasteiger partial charge in [0, 0.05) is 29.8 Å². The van der Waals surface area contributed by atoms with Crippen molar-refractivity contribution in [2.75, 3.05) is 19.8 Å². The van der Waals surface area contributed by atoms with Crippen molar-refractivity contribution in [3.8, 4) is 11.5 Å². The number of hydrogen-bond donors (Lipinski definition) is 2. The van der Waals surface area contributed by atoms with Gasteiger partial charge in [0.1, 0.15) is 11.5 Å². The Balaban J connectivity index is 2.06. The van der Waals surface area contributed by atoms with Crippen molar-refractivity contribution in [3.05, 3.63) is 41.0 Å². The molecule has 5 nitrogen and oxygen atoms in total. The molecular weight excluding hydrogens is 278 g/mol. The first-order valence-electron chi connectivity index (χ1n) is 7.90. The highest BCUT2D eigenvalue weighted by Gasteiger charge is 2.27. The van der Waals surface area contributed by atoms with E-state index in [1.54, 1.807) is 6.33 Å². The SMILES string of the molecule is CCOc1ccc(C2NCCc3[nH]cnc32)c(OCC)c1C. The third kappa shape index (κ3) is 2.57. The Labute approximate surface area is 131 Å². The first-order chi connectivity index (χ1) is 10.8. The van der Waals surface area contributed by atoms with E-state index in [9.17, 15) is 0 Å². The van der Waals surface area contributed by atoms with Crippen LogP contribution in [0.1, 0.15) is 42.4 Å². The molecule has 0 saturated carbocycles. The lowest BCUT2D eigenvalue weighted by Crippen LogP contribution is -2.31. The number of fused-ring (bicyclic) bond motifs is 1. The quantitative estimate of drug-likeness (QED) is 0.891. The average molecular weight is 301 g/mol. The molecular formula is C17H23N3O2. The zero-order valence-electron chi connectivity index (χ0n) is 13.4. The first-order valence-corrected chi connectivity index (χ1v) is 7.90. The van der Waals surface area contributed by atoms with Gasteiger partial charge in [-0.3, -0.25) is 0 Å². The van der Waals surface area contributed by atoms with Crippen LogP contribution in [0.25, 0.3) is 0 Å². The number of benzene rings is 1. The number of aromatic amines is 1. The monoisotopic (exact) mass is 301 g/mol. The maximum atomic E-state index is 5.94. The number of aromatic nitrogens is 2. The van der Waals surface area contributed by atoms with Crippen LogP contribution in [-0.4, -0.2) is 29.7 Å². The molecule has 118 valence electrons. The Bertz CT molecular complexity index is 651. The lowest BCUT2D eigenvalue weighted by molar-refractivity contribution is 0.314. The summed E-state index contributed by atoms with van der Waals surface area (Å²) < 4.78 is 11.6. The van der Waals surface area contributed by atoms with E-state index in [4.69, 9.17) is 9.47 Å². The summed E-state index contributed by atoms with van der Waals surface area (Å²) in [5.41, 5.74) is 4.44. The van der Waals surface area contributed by atoms with Crippen molar-refractivity contribution in [2.45, 2.75) is 33.2 Å². The molecule has 3 rings (SSSR count). The molecule has 0 aliphatic carbocycles. The molecule has 0 spiro atoms. The Morgan fingerprint density at radius 2 is 2.05 bits per heavy atom. The maximum Gasteiger partial charge on any atom is 0.131 e. The predicted octanol–water partition coefficient (Wildman–Crippen LogP) is 2.75. The van der Waals surface area contributed by atoms with Crippen LogP contribution in [0.4, 0.5) is 0 Å². The lowest BCUT2D eigenvalue weighted by atomic mass is 9.95. The number of H-pyrrole nitrogens is 1. The summed E-state index contributed by atoms with van der Waals surface area (Å²) in [6.07, 6.45) is 2.75. The summed E-state index contributed by atoms with van der Waals surface area (Å²) in [6.45, 7) is 8.25. The number of imidazole rings is 1. The highest BCUT2D eigenvalue weighted by molar-refractivity contribution is 5.52. The molecule has 0 fully saturated rings. The second kappa shape index (κ2) is 6.40. The minimum Gasteiger partial charge on any atom is -0.493 e. The molecule has 0 radical (unpaired) electrons. The molecule has 1 aromatic heterocycles. The third-order valence-electron chi connectivity index (χ3n) is 4.03. The smallest absolute Gasteiger partial charge is 0.131 e. The molecule has 1 atom stereocenters. The molecule has 1 aliphatic heterocycles. The summed E-state index contributed by atoms with van der Waals surface area (Å²) in [4.78, 5) is 7.74. The van der Waals surface area contributed by atoms with Crippen LogP contribution in [0.2, 0.25) is 0 Å². The van der Waals surface area contributed by atoms with Gasteiger partial charge in [-0.25, -0.2) is 4.98 Å². The average Bonchev–Trinajstić information content (AvgIpc) is 3.00. The Morgan fingerprint density at radius 1 is 1.23 bits per heavy atom. The van der Waals surface area contributed by atoms with Crippen molar-refractivity contribution in [3.63, 3.8) is 0 Å². The van der Waals surface area contributed by atoms with Crippen LogP contribution in [-0.2, 0) is 6.42 Å². The van der Waals surface area contributed by atoms with Crippen LogP contribution in [0, 0.1) is 6.92 Å². The van der Waals surface area contributed by atoms with Crippen LogP contribution >= 0.6 is 0 Å². The molecule has 22 heavy (non-hydrogen) atoms. The number of rotatable bonds is 5. The largest absolute Gasteiger partial charge is 0.493 e. The van der Waals surface area contributed by atoms with Crippen molar-refractivity contribution < 1.29 is 9.47 Å². The van der Waals surface area contributed by atoms with E-state index in [-0.39, 0.29) is 6.04 Å². The summed E-state index contributed by atoms with van der Waals surface area (Å²) in [5.74, 6) is 1.79. The van der Waals surface area contributed by atoms with Gasteiger partial charge >= 0.3 is 0 Å². The van der Waals surface area contributed by atoms with Gasteiger partial charge in [-0.05, 0) is 32.9 Å². The Kier molecular flexibility index (Phi) is 4.34. The van der Waals surface area contributed by atoms with Gasteiger partial charge in [0.15, 0.2) is 0 Å². The number of nitrogens with one attached hydrogen (secondary N) is 2. The first kappa shape index (κ1) is 14.9. The standard InChI is InChI=1S/C17H23N3O2/c1-4-21-14-7-6-12(17(11(14)3)22-5-2)15-16-13(8-9-18-15)19-10-20-16/h6-7,10,15,18H,4-5,8-9H2,1-3H3,(H,19,20). The Morgan fingerprint density at radius 3 is 2.82 bits per heavy atom. The molecule has 0 amide bonds. The van der Waals surface area contributed by atoms with Gasteiger partial charge in [-0.1, -0.05) is 0 Å². The van der Waals surface area contributed by atoms with Gasteiger partial charge < -0.3 is 19.8 Å². The van der Waals surface area contributed by atoms with E-state index in [0.717, 1.165) is 41.3 Å². The predicted molar refractivity (Wildman–Crippen MR) is 85.7 cm³/mol. The van der Waals surface area contributed by atoms with Gasteiger partial charge in [0.05, 0.1) is 31.3 Å². The second-order valence-electron chi connectivity index (χ2n) is 5.38. The zero-order valence-corrected chi connectivity index (χ0v) is 13.4. The highest BCUT2D eigenvalue weighted by atomic mass is 16.5. The summed E-state index contributed by atoms with van der Waals surface area (Å²) in [7, 11) is 0.